The van der Waals surface area contributed by atoms with Crippen LogP contribution < -0.4 is 0 Å². The molecule has 4 aromatic carbocycles. The lowest BCUT2D eigenvalue weighted by Gasteiger charge is -2.23. The lowest BCUT2D eigenvalue weighted by molar-refractivity contribution is 0.360. The quantitative estimate of drug-likeness (QED) is 0.0149. The molecule has 0 aliphatic carbocycles. The zero-order valence-electron chi connectivity index (χ0n) is 70.4. The summed E-state index contributed by atoms with van der Waals surface area (Å²) in [5, 5.41) is 20.7. The second-order valence-corrected chi connectivity index (χ2v) is 44.0. The van der Waals surface area contributed by atoms with E-state index in [0.29, 0.717) is 21.6 Å². The number of unbranched alkanes of at least 4 members (excludes halogenated alkanes) is 6. The number of aromatic nitrogens is 12. The van der Waals surface area contributed by atoms with Crippen molar-refractivity contribution in [1.82, 2.24) is 67.5 Å². The van der Waals surface area contributed by atoms with Crippen molar-refractivity contribution in [3.8, 4) is 33.8 Å². The summed E-state index contributed by atoms with van der Waals surface area (Å²) in [5.41, 5.74) is 11.3. The fourth-order valence-electron chi connectivity index (χ4n) is 12.9. The highest BCUT2D eigenvalue weighted by Crippen LogP contribution is 2.37. The average Bonchev–Trinajstić information content (AvgIpc) is 1.64. The van der Waals surface area contributed by atoms with E-state index < -0.39 is 39.1 Å². The summed E-state index contributed by atoms with van der Waals surface area (Å²) in [6.45, 7) is 5.99. The molecule has 0 spiro atoms. The average molecular weight is 2060 g/mol. The Balaban J connectivity index is 0.000000167. The van der Waals surface area contributed by atoms with Crippen molar-refractivity contribution in [1.29, 1.82) is 0 Å². The number of nitrogens with one attached hydrogen (secondary N) is 1. The third-order valence-corrected chi connectivity index (χ3v) is 31.8. The number of benzene rings is 4. The molecule has 1 N–H and O–H groups in total. The number of thioether (sulfide) groups is 4. The topological polar surface area (TPSA) is 301 Å². The van der Waals surface area contributed by atoms with Crippen LogP contribution in [0.1, 0.15) is 81.9 Å². The van der Waals surface area contributed by atoms with E-state index in [1.54, 1.807) is 195 Å². The van der Waals surface area contributed by atoms with E-state index in [-0.39, 0.29) is 19.6 Å². The monoisotopic (exact) mass is 2060 g/mol. The van der Waals surface area contributed by atoms with Crippen LogP contribution in [0.5, 0.6) is 0 Å². The summed E-state index contributed by atoms with van der Waals surface area (Å²) < 4.78 is 104. The van der Waals surface area contributed by atoms with Crippen LogP contribution in [0.25, 0.3) is 39.3 Å². The van der Waals surface area contributed by atoms with Gasteiger partial charge in [0.25, 0.3) is 39.1 Å². The third-order valence-electron chi connectivity index (χ3n) is 19.4. The molecule has 0 atom stereocenters. The van der Waals surface area contributed by atoms with Crippen LogP contribution in [0.3, 0.4) is 0 Å². The maximum atomic E-state index is 13.3. The Morgan fingerprint density at radius 3 is 1.20 bits per heavy atom. The van der Waals surface area contributed by atoms with Crippen LogP contribution in [0, 0.1) is 0 Å². The first kappa shape index (κ1) is 100. The van der Waals surface area contributed by atoms with E-state index >= 15 is 0 Å². The third kappa shape index (κ3) is 29.9. The van der Waals surface area contributed by atoms with Gasteiger partial charge in [-0.3, -0.25) is 35.0 Å². The van der Waals surface area contributed by atoms with Gasteiger partial charge in [-0.15, -0.1) is 47.0 Å². The maximum absolute atomic E-state index is 13.3. The number of thiol groups is 2. The van der Waals surface area contributed by atoms with E-state index in [2.05, 4.69) is 150 Å². The van der Waals surface area contributed by atoms with Gasteiger partial charge in [-0.2, -0.15) is 83.2 Å². The molecule has 0 saturated heterocycles. The van der Waals surface area contributed by atoms with E-state index in [1.807, 2.05) is 72.3 Å². The minimum absolute atomic E-state index is 0.136. The predicted octanol–water partition coefficient (Wildman–Crippen LogP) is 20.2. The SMILES string of the molecule is BrC1=CCN=C1c1cccnc1.CN1CCC=C(C2=NCC=C2SCCCCCSc2cn[nH]c2C2=CCCN(C)C2)C1.O=S(=O)(Cl)c1ccccc1.O=S(=O)(c1ccccc1)n1cc(Br)c(-c2cccnc2)n1.O=S(=O)(c1ccccc1)n1cc(SCCCCCSc2cn(S(=O)(=O)c3ccccc3)nc2-c2cccnc2)c(-c2cccnc2)n1.SCCCCCS. The first-order chi connectivity index (χ1) is 62.0. The van der Waals surface area contributed by atoms with Gasteiger partial charge in [0.15, 0.2) is 0 Å². The van der Waals surface area contributed by atoms with Crippen LogP contribution in [0.2, 0.25) is 0 Å². The van der Waals surface area contributed by atoms with Crippen LogP contribution in [-0.4, -0.2) is 200 Å². The Morgan fingerprint density at radius 2 is 0.789 bits per heavy atom. The van der Waals surface area contributed by atoms with Gasteiger partial charge in [0.1, 0.15) is 17.1 Å². The molecule has 12 heterocycles. The molecule has 0 fully saturated rings. The van der Waals surface area contributed by atoms with E-state index in [0.717, 1.165) is 155 Å². The molecule has 672 valence electrons. The summed E-state index contributed by atoms with van der Waals surface area (Å²) in [5.74, 6) is 5.93. The van der Waals surface area contributed by atoms with Crippen molar-refractivity contribution >= 4 is 171 Å². The van der Waals surface area contributed by atoms with Crippen molar-refractivity contribution in [3.63, 3.8) is 0 Å². The normalized spacial score (nSPS) is 14.1. The van der Waals surface area contributed by atoms with Crippen molar-refractivity contribution < 1.29 is 33.7 Å². The fourth-order valence-corrected chi connectivity index (χ4v) is 23.1. The summed E-state index contributed by atoms with van der Waals surface area (Å²) in [4.78, 5) is 35.2. The van der Waals surface area contributed by atoms with Crippen LogP contribution in [0.4, 0.5) is 0 Å². The number of halogens is 3. The molecule has 4 aliphatic rings. The number of pyridine rings is 4. The summed E-state index contributed by atoms with van der Waals surface area (Å²) in [6, 6.07) is 47.4. The first-order valence-corrected chi connectivity index (χ1v) is 54.6. The molecule has 0 unspecified atom stereocenters. The molecule has 12 aromatic rings. The lowest BCUT2D eigenvalue weighted by Crippen LogP contribution is -2.28. The zero-order valence-corrected chi connectivity index (χ0v) is 82.7. The van der Waals surface area contributed by atoms with Gasteiger partial charge in [0.05, 0.1) is 93.7 Å². The molecule has 0 amide bonds. The maximum Gasteiger partial charge on any atom is 0.282 e. The van der Waals surface area contributed by atoms with E-state index in [1.165, 1.54) is 107 Å². The highest BCUT2D eigenvalue weighted by atomic mass is 79.9. The number of nitrogens with zero attached hydrogens (tertiary/aromatic N) is 15. The highest BCUT2D eigenvalue weighted by Gasteiger charge is 2.27. The van der Waals surface area contributed by atoms with Crippen molar-refractivity contribution in [2.45, 2.75) is 105 Å². The summed E-state index contributed by atoms with van der Waals surface area (Å²) >= 11 is 22.0. The summed E-state index contributed by atoms with van der Waals surface area (Å²) in [7, 11) is -5.49. The Bertz CT molecular complexity index is 6030. The Kier molecular flexibility index (Phi) is 40.3. The van der Waals surface area contributed by atoms with Gasteiger partial charge < -0.3 is 9.80 Å². The van der Waals surface area contributed by atoms with Crippen LogP contribution in [-0.2, 0) is 39.1 Å². The smallest absolute Gasteiger partial charge is 0.282 e. The number of H-pyrrole nitrogens is 1. The number of rotatable bonds is 33. The molecule has 24 nitrogen and oxygen atoms in total. The second-order valence-electron chi connectivity index (χ2n) is 28.9. The van der Waals surface area contributed by atoms with Crippen molar-refractivity contribution in [3.05, 3.63) is 299 Å². The van der Waals surface area contributed by atoms with Gasteiger partial charge in [-0.1, -0.05) is 104 Å². The van der Waals surface area contributed by atoms with Gasteiger partial charge in [-0.05, 0) is 252 Å². The molecule has 0 bridgehead atoms. The highest BCUT2D eigenvalue weighted by molar-refractivity contribution is 9.12. The predicted molar refractivity (Wildman–Crippen MR) is 536 cm³/mol. The van der Waals surface area contributed by atoms with Gasteiger partial charge in [-0.25, -0.2) is 8.42 Å². The standard InChI is InChI=1S/C33H30N6O4S4.C24H35N5S2.C14H10BrN3O2S.C9H7BrN2.C6H5ClO2S.C5H12S2/c40-46(41,28-14-4-1-5-15-28)38-24-30(32(36-38)26-12-10-18-34-22-26)44-20-8-3-9-21-45-31-25-39(37-33(31)27-13-11-19-35-23-27)47(42,43)29-16-6-2-7-17-29;1-28-12-6-8-19(17-28)23-21(10-11-25-23)30-14-4-3-5-15-31-22-16-26-27-24(22)20-9-7-13-29(2)18-20;15-13-10-18(17-14(13)11-5-4-8-16-9-11)21(19,20)12-6-2-1-3-7-12;10-8-3-5-12-9(8)7-2-1-4-11-6-7;7-10(8,9)6-4-2-1-3-5-6;6-4-2-1-3-5-7/h1-2,4-7,10-19,22-25H,3,8-9,20-21H2;8-10,16H,3-7,11-15,17-18H2,1-2H3,(H,26,27);1-10H;1-4,6H,5H2;1-5H;6-7H,1-5H2. The minimum Gasteiger partial charge on any atom is -0.302 e. The second kappa shape index (κ2) is 51.5. The summed E-state index contributed by atoms with van der Waals surface area (Å²) in [6.07, 6.45) is 41.8. The number of hydrogen-bond acceptors (Lipinski definition) is 26. The number of likely N-dealkylation sites (N-methyl/N-ethyl adjacent to an activating group) is 2. The number of hydrogen-bond donors (Lipinski definition) is 3. The Hall–Kier alpha value is -8.31. The molecule has 16 rings (SSSR count). The molecule has 128 heavy (non-hydrogen) atoms. The van der Waals surface area contributed by atoms with Crippen LogP contribution in [0.15, 0.2) is 332 Å². The Morgan fingerprint density at radius 1 is 0.406 bits per heavy atom. The largest absolute Gasteiger partial charge is 0.302 e. The lowest BCUT2D eigenvalue weighted by atomic mass is 10.1. The van der Waals surface area contributed by atoms with Crippen molar-refractivity contribution in [2.24, 2.45) is 9.98 Å². The molecular weight excluding hydrogens is 1960 g/mol. The minimum atomic E-state index is -3.84. The Labute approximate surface area is 800 Å². The first-order valence-electron chi connectivity index (χ1n) is 41.2. The molecule has 0 radical (unpaired) electrons. The molecule has 0 saturated carbocycles. The molecular formula is C91H99Br2ClN16O8S10. The van der Waals surface area contributed by atoms with Gasteiger partial charge in [0.2, 0.25) is 0 Å². The number of allylic oxidation sites excluding steroid dienone is 2. The van der Waals surface area contributed by atoms with Gasteiger partial charge >= 0.3 is 0 Å². The fraction of sp³-hybridized carbons (Fsp3) is 0.275. The van der Waals surface area contributed by atoms with Crippen molar-refractivity contribution in [2.75, 3.05) is 87.9 Å². The molecule has 4 aliphatic heterocycles. The molecule has 8 aromatic heterocycles. The zero-order chi connectivity index (χ0) is 90.6. The number of aliphatic imine (C=N–C) groups is 2. The number of aromatic amines is 1. The van der Waals surface area contributed by atoms with Gasteiger partial charge in [0, 0.05) is 118 Å². The van der Waals surface area contributed by atoms with E-state index in [9.17, 15) is 33.7 Å². The molecule has 37 heteroatoms. The van der Waals surface area contributed by atoms with E-state index in [4.69, 9.17) is 15.7 Å². The van der Waals surface area contributed by atoms with Crippen LogP contribution >= 0.6 is 115 Å².